The fraction of sp³-hybridized carbons (Fsp3) is 0.588. The van der Waals surface area contributed by atoms with Crippen molar-refractivity contribution in [2.75, 3.05) is 13.7 Å². The normalized spacial score (nSPS) is 10.6. The second-order valence-electron chi connectivity index (χ2n) is 5.30. The Hall–Kier alpha value is -2.15. The van der Waals surface area contributed by atoms with E-state index in [4.69, 9.17) is 9.47 Å². The second kappa shape index (κ2) is 9.22. The largest absolute Gasteiger partial charge is 0.465 e. The molecule has 0 aliphatic heterocycles. The van der Waals surface area contributed by atoms with Gasteiger partial charge in [-0.3, -0.25) is 14.0 Å². The summed E-state index contributed by atoms with van der Waals surface area (Å²) in [5.74, 6) is 0.363. The van der Waals surface area contributed by atoms with Crippen LogP contribution < -0.4 is 5.56 Å². The van der Waals surface area contributed by atoms with Gasteiger partial charge in [0.25, 0.3) is 5.56 Å². The molecular formula is C17H27N3O4. The number of carbonyl (C=O) groups excluding carboxylic acids is 1. The molecule has 0 aliphatic rings. The van der Waals surface area contributed by atoms with Gasteiger partial charge in [-0.15, -0.1) is 0 Å². The van der Waals surface area contributed by atoms with Crippen molar-refractivity contribution in [1.82, 2.24) is 14.2 Å². The lowest BCUT2D eigenvalue weighted by molar-refractivity contribution is -0.144. The Kier molecular flexibility index (Phi) is 7.64. The molecule has 2 heterocycles. The molecule has 0 spiro atoms. The third-order valence-electron chi connectivity index (χ3n) is 3.33. The first kappa shape index (κ1) is 19.9. The van der Waals surface area contributed by atoms with E-state index in [1.807, 2.05) is 26.1 Å². The number of hydrogen-bond donors (Lipinski definition) is 0. The average molecular weight is 337 g/mol. The lowest BCUT2D eigenvalue weighted by atomic mass is 10.1. The van der Waals surface area contributed by atoms with Crippen molar-refractivity contribution in [2.45, 2.75) is 53.7 Å². The molecule has 0 radical (unpaired) electrons. The van der Waals surface area contributed by atoms with Crippen molar-refractivity contribution in [2.24, 2.45) is 0 Å². The fourth-order valence-corrected chi connectivity index (χ4v) is 2.21. The number of ether oxygens (including phenoxy) is 2. The zero-order valence-electron chi connectivity index (χ0n) is 15.3. The van der Waals surface area contributed by atoms with Crippen LogP contribution in [-0.4, -0.2) is 33.9 Å². The maximum absolute atomic E-state index is 12.5. The maximum atomic E-state index is 12.5. The lowest BCUT2D eigenvalue weighted by Gasteiger charge is -2.09. The van der Waals surface area contributed by atoms with Gasteiger partial charge in [0.05, 0.1) is 6.61 Å². The van der Waals surface area contributed by atoms with Crippen molar-refractivity contribution >= 4 is 11.5 Å². The predicted octanol–water partition coefficient (Wildman–Crippen LogP) is 2.36. The first-order chi connectivity index (χ1) is 11.5. The van der Waals surface area contributed by atoms with Crippen LogP contribution in [0.1, 0.15) is 51.9 Å². The van der Waals surface area contributed by atoms with Crippen LogP contribution in [0, 0.1) is 0 Å². The van der Waals surface area contributed by atoms with Crippen molar-refractivity contribution in [3.05, 3.63) is 34.0 Å². The van der Waals surface area contributed by atoms with Crippen molar-refractivity contribution in [3.63, 3.8) is 0 Å². The minimum atomic E-state index is -0.486. The van der Waals surface area contributed by atoms with Crippen LogP contribution in [-0.2, 0) is 27.4 Å². The summed E-state index contributed by atoms with van der Waals surface area (Å²) in [7, 11) is 1.56. The predicted molar refractivity (Wildman–Crippen MR) is 92.2 cm³/mol. The van der Waals surface area contributed by atoms with Gasteiger partial charge in [-0.25, -0.2) is 4.68 Å². The summed E-state index contributed by atoms with van der Waals surface area (Å²) in [6.07, 6.45) is 1.89. The molecule has 7 nitrogen and oxygen atoms in total. The highest BCUT2D eigenvalue weighted by atomic mass is 16.5. The van der Waals surface area contributed by atoms with Gasteiger partial charge in [0, 0.05) is 13.3 Å². The van der Waals surface area contributed by atoms with Gasteiger partial charge in [0.2, 0.25) is 0 Å². The molecule has 7 heteroatoms. The van der Waals surface area contributed by atoms with Crippen molar-refractivity contribution in [3.8, 4) is 0 Å². The molecule has 0 bridgehead atoms. The van der Waals surface area contributed by atoms with E-state index in [0.29, 0.717) is 11.3 Å². The molecule has 0 saturated heterocycles. The van der Waals surface area contributed by atoms with Crippen LogP contribution in [0.4, 0.5) is 0 Å². The topological polar surface area (TPSA) is 74.8 Å². The van der Waals surface area contributed by atoms with Crippen LogP contribution in [0.25, 0.3) is 5.52 Å². The zero-order chi connectivity index (χ0) is 18.3. The highest BCUT2D eigenvalue weighted by Crippen LogP contribution is 2.17. The number of esters is 1. The van der Waals surface area contributed by atoms with E-state index in [0.717, 1.165) is 10.2 Å². The Morgan fingerprint density at radius 3 is 2.54 bits per heavy atom. The number of hydrogen-bond acceptors (Lipinski definition) is 5. The van der Waals surface area contributed by atoms with E-state index in [9.17, 15) is 9.59 Å². The van der Waals surface area contributed by atoms with Crippen LogP contribution in [0.15, 0.2) is 17.1 Å². The molecule has 0 amide bonds. The minimum Gasteiger partial charge on any atom is -0.465 e. The molecule has 2 aromatic rings. The van der Waals surface area contributed by atoms with Gasteiger partial charge >= 0.3 is 5.97 Å². The van der Waals surface area contributed by atoms with Gasteiger partial charge in [0.15, 0.2) is 5.82 Å². The Bertz CT molecular complexity index is 731. The molecule has 0 fully saturated rings. The van der Waals surface area contributed by atoms with E-state index in [1.54, 1.807) is 18.4 Å². The van der Waals surface area contributed by atoms with Gasteiger partial charge in [-0.05, 0) is 24.5 Å². The summed E-state index contributed by atoms with van der Waals surface area (Å²) in [6, 6.07) is 1.83. The van der Waals surface area contributed by atoms with Crippen LogP contribution in [0.5, 0.6) is 0 Å². The average Bonchev–Trinajstić information content (AvgIpc) is 3.00. The first-order valence-corrected chi connectivity index (χ1v) is 8.24. The number of rotatable bonds is 6. The SMILES string of the molecule is CC.CCOC(=O)Cn1nc(COC)n2cc(C(C)C)cc2c1=O. The Morgan fingerprint density at radius 1 is 1.33 bits per heavy atom. The summed E-state index contributed by atoms with van der Waals surface area (Å²) in [4.78, 5) is 24.1. The molecule has 0 saturated carbocycles. The van der Waals surface area contributed by atoms with Gasteiger partial charge in [-0.1, -0.05) is 27.7 Å². The molecule has 2 rings (SSSR count). The Morgan fingerprint density at radius 2 is 2.00 bits per heavy atom. The quantitative estimate of drug-likeness (QED) is 0.757. The molecule has 0 aliphatic carbocycles. The van der Waals surface area contributed by atoms with Crippen molar-refractivity contribution < 1.29 is 14.3 Å². The third-order valence-corrected chi connectivity index (χ3v) is 3.33. The number of methoxy groups -OCH3 is 1. The molecule has 2 aromatic heterocycles. The summed E-state index contributed by atoms with van der Waals surface area (Å²) >= 11 is 0. The molecule has 24 heavy (non-hydrogen) atoms. The van der Waals surface area contributed by atoms with E-state index >= 15 is 0 Å². The van der Waals surface area contributed by atoms with Crippen LogP contribution >= 0.6 is 0 Å². The molecule has 0 N–H and O–H groups in total. The first-order valence-electron chi connectivity index (χ1n) is 8.24. The zero-order valence-corrected chi connectivity index (χ0v) is 15.3. The Labute approximate surface area is 142 Å². The molecule has 0 aromatic carbocycles. The molecule has 0 unspecified atom stereocenters. The standard InChI is InChI=1S/C15H21N3O4.C2H6/c1-5-22-14(19)8-18-15(20)12-6-11(10(2)3)7-17(12)13(16-18)9-21-4;1-2/h6-7,10H,5,8-9H2,1-4H3;1-2H3. The summed E-state index contributed by atoms with van der Waals surface area (Å²) in [6.45, 7) is 10.1. The minimum absolute atomic E-state index is 0.206. The van der Waals surface area contributed by atoms with E-state index < -0.39 is 5.97 Å². The molecule has 134 valence electrons. The van der Waals surface area contributed by atoms with E-state index in [-0.39, 0.29) is 31.2 Å². The van der Waals surface area contributed by atoms with Crippen LogP contribution in [0.3, 0.4) is 0 Å². The lowest BCUT2D eigenvalue weighted by Crippen LogP contribution is -2.30. The number of carbonyl (C=O) groups is 1. The highest BCUT2D eigenvalue weighted by molar-refractivity contribution is 5.69. The molecule has 0 atom stereocenters. The highest BCUT2D eigenvalue weighted by Gasteiger charge is 2.15. The number of aromatic nitrogens is 3. The Balaban J connectivity index is 0.00000139. The fourth-order valence-electron chi connectivity index (χ4n) is 2.21. The summed E-state index contributed by atoms with van der Waals surface area (Å²) < 4.78 is 12.9. The smallest absolute Gasteiger partial charge is 0.327 e. The van der Waals surface area contributed by atoms with Crippen LogP contribution in [0.2, 0.25) is 0 Å². The van der Waals surface area contributed by atoms with Gasteiger partial charge in [-0.2, -0.15) is 5.10 Å². The van der Waals surface area contributed by atoms with Crippen molar-refractivity contribution in [1.29, 1.82) is 0 Å². The number of nitrogens with zero attached hydrogens (tertiary/aromatic N) is 3. The van der Waals surface area contributed by atoms with Gasteiger partial charge in [0.1, 0.15) is 18.7 Å². The van der Waals surface area contributed by atoms with E-state index in [2.05, 4.69) is 18.9 Å². The third kappa shape index (κ3) is 4.44. The summed E-state index contributed by atoms with van der Waals surface area (Å²) in [5, 5.41) is 4.23. The van der Waals surface area contributed by atoms with Gasteiger partial charge < -0.3 is 9.47 Å². The second-order valence-corrected chi connectivity index (χ2v) is 5.30. The summed E-state index contributed by atoms with van der Waals surface area (Å²) in [5.41, 5.74) is 1.19. The van der Waals surface area contributed by atoms with E-state index in [1.165, 1.54) is 0 Å². The number of fused-ring (bicyclic) bond motifs is 1. The molecular weight excluding hydrogens is 310 g/mol. The maximum Gasteiger partial charge on any atom is 0.327 e. The monoisotopic (exact) mass is 337 g/mol.